The number of anilines is 2. The summed E-state index contributed by atoms with van der Waals surface area (Å²) in [6.45, 7) is 8.08. The van der Waals surface area contributed by atoms with E-state index < -0.39 is 0 Å². The number of nitrogens with one attached hydrogen (secondary N) is 1. The van der Waals surface area contributed by atoms with E-state index in [4.69, 9.17) is 14.5 Å². The summed E-state index contributed by atoms with van der Waals surface area (Å²) >= 11 is 1.92. The Bertz CT molecular complexity index is 851. The van der Waals surface area contributed by atoms with Gasteiger partial charge in [0.15, 0.2) is 0 Å². The van der Waals surface area contributed by atoms with Crippen LogP contribution in [0.15, 0.2) is 41.5 Å². The van der Waals surface area contributed by atoms with Crippen LogP contribution in [-0.4, -0.2) is 73.7 Å². The fourth-order valence-electron chi connectivity index (χ4n) is 3.42. The first-order valence-corrected chi connectivity index (χ1v) is 11.6. The maximum atomic E-state index is 6.01. The molecule has 0 atom stereocenters. The molecule has 1 aromatic carbocycles. The molecule has 0 radical (unpaired) electrons. The van der Waals surface area contributed by atoms with Gasteiger partial charge in [0.1, 0.15) is 12.4 Å². The number of aryl methyl sites for hydroxylation is 1. The number of hydrogen-bond donors (Lipinski definition) is 1. The second-order valence-corrected chi connectivity index (χ2v) is 8.51. The van der Waals surface area contributed by atoms with Crippen LogP contribution in [0.1, 0.15) is 11.1 Å². The number of aromatic nitrogens is 1. The average molecular weight is 428 g/mol. The van der Waals surface area contributed by atoms with Gasteiger partial charge in [0.2, 0.25) is 5.88 Å². The van der Waals surface area contributed by atoms with Crippen molar-refractivity contribution in [2.75, 3.05) is 68.0 Å². The van der Waals surface area contributed by atoms with Gasteiger partial charge in [-0.3, -0.25) is 10.3 Å². The lowest BCUT2D eigenvalue weighted by atomic mass is 10.2. The van der Waals surface area contributed by atoms with E-state index in [0.29, 0.717) is 12.5 Å². The van der Waals surface area contributed by atoms with Gasteiger partial charge < -0.3 is 14.4 Å². The molecule has 0 aliphatic carbocycles. The van der Waals surface area contributed by atoms with Crippen LogP contribution in [-0.2, 0) is 4.74 Å². The molecule has 160 valence electrons. The van der Waals surface area contributed by atoms with E-state index in [9.17, 15) is 0 Å². The molecule has 2 aliphatic rings. The number of hydrogen-bond acceptors (Lipinski definition) is 8. The van der Waals surface area contributed by atoms with Gasteiger partial charge in [-0.25, -0.2) is 0 Å². The van der Waals surface area contributed by atoms with E-state index in [2.05, 4.69) is 39.4 Å². The number of morpholine rings is 1. The Labute approximate surface area is 182 Å². The molecular weight excluding hydrogens is 398 g/mol. The monoisotopic (exact) mass is 427 g/mol. The molecule has 1 aromatic heterocycles. The van der Waals surface area contributed by atoms with Crippen molar-refractivity contribution >= 4 is 29.5 Å². The van der Waals surface area contributed by atoms with Crippen molar-refractivity contribution in [2.45, 2.75) is 6.92 Å². The molecule has 1 N–H and O–H groups in total. The number of pyridine rings is 1. The molecule has 3 heterocycles. The Morgan fingerprint density at radius 3 is 2.93 bits per heavy atom. The minimum atomic E-state index is 0.608. The van der Waals surface area contributed by atoms with Crippen molar-refractivity contribution in [3.05, 3.63) is 47.5 Å². The van der Waals surface area contributed by atoms with Crippen LogP contribution >= 0.6 is 11.8 Å². The fourth-order valence-corrected chi connectivity index (χ4v) is 4.38. The van der Waals surface area contributed by atoms with Gasteiger partial charge >= 0.3 is 0 Å². The third-order valence-electron chi connectivity index (χ3n) is 5.08. The summed E-state index contributed by atoms with van der Waals surface area (Å²) in [6, 6.07) is 12.2. The molecule has 2 saturated heterocycles. The number of nitrogens with zero attached hydrogens (tertiary/aromatic N) is 4. The lowest BCUT2D eigenvalue weighted by Gasteiger charge is -2.26. The minimum absolute atomic E-state index is 0.608. The Hall–Kier alpha value is -2.29. The molecule has 0 amide bonds. The smallest absolute Gasteiger partial charge is 0.217 e. The molecule has 4 rings (SSSR count). The van der Waals surface area contributed by atoms with Gasteiger partial charge in [0, 0.05) is 44.1 Å². The van der Waals surface area contributed by atoms with Crippen molar-refractivity contribution in [2.24, 2.45) is 5.10 Å². The molecule has 7 nitrogen and oxygen atoms in total. The predicted molar refractivity (Wildman–Crippen MR) is 124 cm³/mol. The molecule has 0 saturated carbocycles. The third kappa shape index (κ3) is 6.10. The van der Waals surface area contributed by atoms with Gasteiger partial charge in [0.05, 0.1) is 31.0 Å². The second kappa shape index (κ2) is 10.7. The normalized spacial score (nSPS) is 17.6. The van der Waals surface area contributed by atoms with Crippen LogP contribution in [0.4, 0.5) is 11.5 Å². The Morgan fingerprint density at radius 1 is 1.23 bits per heavy atom. The van der Waals surface area contributed by atoms with Crippen molar-refractivity contribution in [1.29, 1.82) is 0 Å². The van der Waals surface area contributed by atoms with Gasteiger partial charge in [-0.2, -0.15) is 10.1 Å². The highest BCUT2D eigenvalue weighted by molar-refractivity contribution is 7.99. The van der Waals surface area contributed by atoms with Crippen molar-refractivity contribution in [1.82, 2.24) is 9.88 Å². The molecule has 30 heavy (non-hydrogen) atoms. The topological polar surface area (TPSA) is 62.2 Å². The molecule has 8 heteroatoms. The van der Waals surface area contributed by atoms with Crippen LogP contribution in [0, 0.1) is 6.92 Å². The number of ether oxygens (including phenoxy) is 2. The maximum absolute atomic E-state index is 6.01. The van der Waals surface area contributed by atoms with Crippen molar-refractivity contribution in [3.63, 3.8) is 0 Å². The zero-order chi connectivity index (χ0) is 20.6. The highest BCUT2D eigenvalue weighted by Crippen LogP contribution is 2.27. The van der Waals surface area contributed by atoms with E-state index in [1.807, 2.05) is 42.2 Å². The second-order valence-electron chi connectivity index (χ2n) is 7.44. The Morgan fingerprint density at radius 2 is 2.13 bits per heavy atom. The maximum Gasteiger partial charge on any atom is 0.217 e. The van der Waals surface area contributed by atoms with E-state index in [1.165, 1.54) is 5.56 Å². The van der Waals surface area contributed by atoms with Gasteiger partial charge in [-0.1, -0.05) is 29.8 Å². The summed E-state index contributed by atoms with van der Waals surface area (Å²) in [5.74, 6) is 3.64. The molecule has 2 aromatic rings. The molecule has 2 fully saturated rings. The van der Waals surface area contributed by atoms with E-state index in [0.717, 1.165) is 68.1 Å². The first kappa shape index (κ1) is 21.0. The van der Waals surface area contributed by atoms with Gasteiger partial charge in [-0.15, -0.1) is 11.8 Å². The average Bonchev–Trinajstić information content (AvgIpc) is 3.30. The molecular formula is C22H29N5O2S. The fraction of sp³-hybridized carbons (Fsp3) is 0.455. The SMILES string of the molecule is Cc1cccc(/C=N/Nc2cc(OCCN3CCOCC3)nc(N3CCSC3)c2)c1. The van der Waals surface area contributed by atoms with Crippen LogP contribution in [0.5, 0.6) is 5.88 Å². The number of thioether (sulfide) groups is 1. The van der Waals surface area contributed by atoms with Crippen LogP contribution < -0.4 is 15.1 Å². The summed E-state index contributed by atoms with van der Waals surface area (Å²) in [5.41, 5.74) is 6.30. The lowest BCUT2D eigenvalue weighted by Crippen LogP contribution is -2.38. The number of hydrazone groups is 1. The molecule has 2 aliphatic heterocycles. The standard InChI is InChI=1S/C22H29N5O2S/c1-18-3-2-4-19(13-18)16-23-25-20-14-21(27-8-12-30-17-27)24-22(15-20)29-11-7-26-5-9-28-10-6-26/h2-4,13-16H,5-12,17H2,1H3,(H,24,25)/b23-16+. The third-order valence-corrected chi connectivity index (χ3v) is 6.04. The van der Waals surface area contributed by atoms with Crippen LogP contribution in [0.2, 0.25) is 0 Å². The van der Waals surface area contributed by atoms with E-state index in [1.54, 1.807) is 0 Å². The lowest BCUT2D eigenvalue weighted by molar-refractivity contribution is 0.0320. The minimum Gasteiger partial charge on any atom is -0.476 e. The molecule has 0 unspecified atom stereocenters. The highest BCUT2D eigenvalue weighted by atomic mass is 32.2. The Balaban J connectivity index is 1.41. The van der Waals surface area contributed by atoms with Crippen molar-refractivity contribution < 1.29 is 9.47 Å². The first-order chi connectivity index (χ1) is 14.8. The number of rotatable bonds is 8. The summed E-state index contributed by atoms with van der Waals surface area (Å²) in [7, 11) is 0. The van der Waals surface area contributed by atoms with Gasteiger partial charge in [0.25, 0.3) is 0 Å². The summed E-state index contributed by atoms with van der Waals surface area (Å²) in [6.07, 6.45) is 1.83. The largest absolute Gasteiger partial charge is 0.476 e. The zero-order valence-corrected chi connectivity index (χ0v) is 18.2. The molecule has 0 spiro atoms. The van der Waals surface area contributed by atoms with Crippen LogP contribution in [0.25, 0.3) is 0 Å². The Kier molecular flexibility index (Phi) is 7.44. The molecule has 0 bridgehead atoms. The zero-order valence-electron chi connectivity index (χ0n) is 17.4. The van der Waals surface area contributed by atoms with Crippen LogP contribution in [0.3, 0.4) is 0 Å². The summed E-state index contributed by atoms with van der Waals surface area (Å²) in [4.78, 5) is 9.36. The number of benzene rings is 1. The summed E-state index contributed by atoms with van der Waals surface area (Å²) < 4.78 is 11.4. The van der Waals surface area contributed by atoms with Gasteiger partial charge in [-0.05, 0) is 12.5 Å². The van der Waals surface area contributed by atoms with E-state index in [-0.39, 0.29) is 0 Å². The quantitative estimate of drug-likeness (QED) is 0.513. The van der Waals surface area contributed by atoms with Crippen molar-refractivity contribution in [3.8, 4) is 5.88 Å². The van der Waals surface area contributed by atoms with E-state index >= 15 is 0 Å². The first-order valence-electron chi connectivity index (χ1n) is 10.4. The predicted octanol–water partition coefficient (Wildman–Crippen LogP) is 3.06. The summed E-state index contributed by atoms with van der Waals surface area (Å²) in [5, 5.41) is 4.41. The highest BCUT2D eigenvalue weighted by Gasteiger charge is 2.16.